The van der Waals surface area contributed by atoms with Crippen LogP contribution < -0.4 is 10.6 Å². The van der Waals surface area contributed by atoms with E-state index in [0.717, 1.165) is 16.7 Å². The maximum atomic E-state index is 14.1. The SMILES string of the molecule is Cc1ccccc1[C@@H](NC(=S)Nc1ccc(Br)cc1F)c1ccccc1. The Balaban J connectivity index is 1.86. The summed E-state index contributed by atoms with van der Waals surface area (Å²) in [5.74, 6) is -0.365. The van der Waals surface area contributed by atoms with E-state index in [-0.39, 0.29) is 11.9 Å². The van der Waals surface area contributed by atoms with Crippen LogP contribution in [0.25, 0.3) is 0 Å². The van der Waals surface area contributed by atoms with Gasteiger partial charge in [0.1, 0.15) is 5.82 Å². The van der Waals surface area contributed by atoms with Crippen LogP contribution in [-0.4, -0.2) is 5.11 Å². The summed E-state index contributed by atoms with van der Waals surface area (Å²) >= 11 is 8.70. The Hall–Kier alpha value is -2.24. The number of halogens is 2. The van der Waals surface area contributed by atoms with Gasteiger partial charge in [0.15, 0.2) is 5.11 Å². The molecule has 0 aliphatic heterocycles. The van der Waals surface area contributed by atoms with Crippen molar-refractivity contribution in [2.45, 2.75) is 13.0 Å². The lowest BCUT2D eigenvalue weighted by molar-refractivity contribution is 0.631. The topological polar surface area (TPSA) is 24.1 Å². The molecule has 0 bridgehead atoms. The molecular formula is C21H18BrFN2S. The normalized spacial score (nSPS) is 11.7. The van der Waals surface area contributed by atoms with Crippen LogP contribution in [0.4, 0.5) is 10.1 Å². The van der Waals surface area contributed by atoms with Gasteiger partial charge in [-0.2, -0.15) is 0 Å². The highest BCUT2D eigenvalue weighted by Gasteiger charge is 2.17. The van der Waals surface area contributed by atoms with E-state index in [1.54, 1.807) is 12.1 Å². The molecule has 132 valence electrons. The molecule has 0 aliphatic carbocycles. The van der Waals surface area contributed by atoms with E-state index in [1.165, 1.54) is 6.07 Å². The number of hydrogen-bond acceptors (Lipinski definition) is 1. The molecule has 0 unspecified atom stereocenters. The van der Waals surface area contributed by atoms with Crippen molar-refractivity contribution >= 4 is 38.9 Å². The van der Waals surface area contributed by atoms with Crippen LogP contribution in [0, 0.1) is 12.7 Å². The van der Waals surface area contributed by atoms with E-state index in [9.17, 15) is 4.39 Å². The van der Waals surface area contributed by atoms with Gasteiger partial charge in [0.2, 0.25) is 0 Å². The summed E-state index contributed by atoms with van der Waals surface area (Å²) in [5.41, 5.74) is 3.70. The van der Waals surface area contributed by atoms with Gasteiger partial charge in [-0.05, 0) is 54.0 Å². The van der Waals surface area contributed by atoms with Gasteiger partial charge in [-0.3, -0.25) is 0 Å². The second-order valence-electron chi connectivity index (χ2n) is 5.92. The average Bonchev–Trinajstić information content (AvgIpc) is 2.63. The second-order valence-corrected chi connectivity index (χ2v) is 7.25. The van der Waals surface area contributed by atoms with E-state index in [1.807, 2.05) is 42.5 Å². The molecule has 0 amide bonds. The van der Waals surface area contributed by atoms with E-state index in [4.69, 9.17) is 12.2 Å². The number of nitrogens with one attached hydrogen (secondary N) is 2. The lowest BCUT2D eigenvalue weighted by Gasteiger charge is -2.23. The van der Waals surface area contributed by atoms with Gasteiger partial charge in [-0.1, -0.05) is 70.5 Å². The molecule has 3 aromatic rings. The average molecular weight is 429 g/mol. The number of hydrogen-bond donors (Lipinski definition) is 2. The molecule has 0 aliphatic rings. The Bertz CT molecular complexity index is 915. The minimum atomic E-state index is -0.365. The predicted molar refractivity (Wildman–Crippen MR) is 113 cm³/mol. The third kappa shape index (κ3) is 4.48. The number of anilines is 1. The van der Waals surface area contributed by atoms with Crippen molar-refractivity contribution in [3.63, 3.8) is 0 Å². The highest BCUT2D eigenvalue weighted by molar-refractivity contribution is 9.10. The summed E-state index contributed by atoms with van der Waals surface area (Å²) in [4.78, 5) is 0. The van der Waals surface area contributed by atoms with Crippen LogP contribution >= 0.6 is 28.1 Å². The van der Waals surface area contributed by atoms with Gasteiger partial charge >= 0.3 is 0 Å². The molecule has 3 aromatic carbocycles. The molecule has 0 fully saturated rings. The molecule has 0 radical (unpaired) electrons. The Morgan fingerprint density at radius 2 is 1.69 bits per heavy atom. The zero-order chi connectivity index (χ0) is 18.5. The maximum Gasteiger partial charge on any atom is 0.171 e. The second kappa shape index (κ2) is 8.43. The van der Waals surface area contributed by atoms with Crippen molar-refractivity contribution in [2.24, 2.45) is 0 Å². The molecule has 5 heteroatoms. The van der Waals surface area contributed by atoms with Crippen LogP contribution in [0.1, 0.15) is 22.7 Å². The van der Waals surface area contributed by atoms with Crippen molar-refractivity contribution < 1.29 is 4.39 Å². The number of rotatable bonds is 4. The van der Waals surface area contributed by atoms with Crippen molar-refractivity contribution in [3.8, 4) is 0 Å². The highest BCUT2D eigenvalue weighted by Crippen LogP contribution is 2.25. The number of aryl methyl sites for hydroxylation is 1. The fourth-order valence-corrected chi connectivity index (χ4v) is 3.34. The van der Waals surface area contributed by atoms with E-state index in [2.05, 4.69) is 45.6 Å². The third-order valence-electron chi connectivity index (χ3n) is 4.09. The Morgan fingerprint density at radius 3 is 2.38 bits per heavy atom. The van der Waals surface area contributed by atoms with Crippen LogP contribution in [0.3, 0.4) is 0 Å². The molecule has 1 atom stereocenters. The third-order valence-corrected chi connectivity index (χ3v) is 4.80. The first-order valence-electron chi connectivity index (χ1n) is 8.17. The lowest BCUT2D eigenvalue weighted by Crippen LogP contribution is -2.33. The number of benzene rings is 3. The molecule has 0 spiro atoms. The monoisotopic (exact) mass is 428 g/mol. The van der Waals surface area contributed by atoms with Crippen molar-refractivity contribution in [1.82, 2.24) is 5.32 Å². The summed E-state index contributed by atoms with van der Waals surface area (Å²) in [6.07, 6.45) is 0. The zero-order valence-electron chi connectivity index (χ0n) is 14.2. The molecule has 26 heavy (non-hydrogen) atoms. The van der Waals surface area contributed by atoms with Gasteiger partial charge in [-0.25, -0.2) is 4.39 Å². The minimum absolute atomic E-state index is 0.129. The van der Waals surface area contributed by atoms with Gasteiger partial charge in [0.05, 0.1) is 11.7 Å². The fourth-order valence-electron chi connectivity index (χ4n) is 2.78. The summed E-state index contributed by atoms with van der Waals surface area (Å²) in [7, 11) is 0. The quantitative estimate of drug-likeness (QED) is 0.500. The van der Waals surface area contributed by atoms with E-state index in [0.29, 0.717) is 15.3 Å². The first kappa shape index (κ1) is 18.5. The van der Waals surface area contributed by atoms with Crippen molar-refractivity contribution in [2.75, 3.05) is 5.32 Å². The molecule has 0 saturated carbocycles. The predicted octanol–water partition coefficient (Wildman–Crippen LogP) is 5.97. The van der Waals surface area contributed by atoms with Crippen molar-refractivity contribution in [1.29, 1.82) is 0 Å². The smallest absolute Gasteiger partial charge is 0.171 e. The first-order chi connectivity index (χ1) is 12.5. The standard InChI is InChI=1S/C21H18BrFN2S/c1-14-7-5-6-10-17(14)20(15-8-3-2-4-9-15)25-21(26)24-19-12-11-16(22)13-18(19)23/h2-13,20H,1H3,(H2,24,25,26)/t20-/m0/s1. The molecule has 3 rings (SSSR count). The summed E-state index contributed by atoms with van der Waals surface area (Å²) in [6.45, 7) is 2.07. The molecule has 2 nitrogen and oxygen atoms in total. The maximum absolute atomic E-state index is 14.1. The van der Waals surface area contributed by atoms with E-state index < -0.39 is 0 Å². The van der Waals surface area contributed by atoms with E-state index >= 15 is 0 Å². The van der Waals surface area contributed by atoms with Crippen LogP contribution in [0.15, 0.2) is 77.3 Å². The summed E-state index contributed by atoms with van der Waals surface area (Å²) in [6, 6.07) is 22.9. The largest absolute Gasteiger partial charge is 0.352 e. The van der Waals surface area contributed by atoms with Crippen LogP contribution in [-0.2, 0) is 0 Å². The Labute approximate surface area is 166 Å². The van der Waals surface area contributed by atoms with Gasteiger partial charge in [0, 0.05) is 4.47 Å². The fraction of sp³-hybridized carbons (Fsp3) is 0.0952. The Kier molecular flexibility index (Phi) is 6.01. The summed E-state index contributed by atoms with van der Waals surface area (Å²) < 4.78 is 14.8. The number of thiocarbonyl (C=S) groups is 1. The highest BCUT2D eigenvalue weighted by atomic mass is 79.9. The molecule has 0 aromatic heterocycles. The van der Waals surface area contributed by atoms with Gasteiger partial charge in [0.25, 0.3) is 0 Å². The first-order valence-corrected chi connectivity index (χ1v) is 9.38. The zero-order valence-corrected chi connectivity index (χ0v) is 16.6. The molecule has 0 heterocycles. The van der Waals surface area contributed by atoms with Crippen LogP contribution in [0.2, 0.25) is 0 Å². The Morgan fingerprint density at radius 1 is 1.00 bits per heavy atom. The molecular weight excluding hydrogens is 411 g/mol. The van der Waals surface area contributed by atoms with Gasteiger partial charge in [-0.15, -0.1) is 0 Å². The molecule has 0 saturated heterocycles. The van der Waals surface area contributed by atoms with Crippen molar-refractivity contribution in [3.05, 3.63) is 99.8 Å². The minimum Gasteiger partial charge on any atom is -0.352 e. The van der Waals surface area contributed by atoms with Gasteiger partial charge < -0.3 is 10.6 Å². The lowest BCUT2D eigenvalue weighted by atomic mass is 9.95. The molecule has 2 N–H and O–H groups in total. The van der Waals surface area contributed by atoms with Crippen LogP contribution in [0.5, 0.6) is 0 Å². The summed E-state index contributed by atoms with van der Waals surface area (Å²) in [5, 5.41) is 6.64.